The molecule has 0 amide bonds. The van der Waals surface area contributed by atoms with Crippen LogP contribution in [0.3, 0.4) is 0 Å². The molecule has 0 spiro atoms. The van der Waals surface area contributed by atoms with Crippen LogP contribution in [0.15, 0.2) is 24.8 Å². The van der Waals surface area contributed by atoms with Gasteiger partial charge in [0.15, 0.2) is 0 Å². The lowest BCUT2D eigenvalue weighted by molar-refractivity contribution is -0.162. The van der Waals surface area contributed by atoms with E-state index >= 15 is 0 Å². The highest BCUT2D eigenvalue weighted by molar-refractivity contribution is 4.95. The Morgan fingerprint density at radius 2 is 1.93 bits per heavy atom. The van der Waals surface area contributed by atoms with Crippen molar-refractivity contribution in [1.82, 2.24) is 0 Å². The second-order valence-corrected chi connectivity index (χ2v) is 3.89. The average molecular weight is 196 g/mol. The Bertz CT molecular complexity index is 190. The molecule has 1 aliphatic heterocycles. The highest BCUT2D eigenvalue weighted by Gasteiger charge is 2.31. The molecule has 0 radical (unpaired) electrons. The van der Waals surface area contributed by atoms with Crippen molar-refractivity contribution >= 4 is 0 Å². The van der Waals surface area contributed by atoms with Gasteiger partial charge in [-0.25, -0.2) is 0 Å². The Kier molecular flexibility index (Phi) is 4.91. The van der Waals surface area contributed by atoms with Gasteiger partial charge in [-0.1, -0.05) is 25.2 Å². The van der Waals surface area contributed by atoms with Crippen molar-refractivity contribution < 1.29 is 9.47 Å². The van der Waals surface area contributed by atoms with Gasteiger partial charge in [-0.3, -0.25) is 0 Å². The maximum atomic E-state index is 5.36. The fourth-order valence-corrected chi connectivity index (χ4v) is 1.74. The van der Waals surface area contributed by atoms with Gasteiger partial charge < -0.3 is 9.47 Å². The van der Waals surface area contributed by atoms with Crippen LogP contribution < -0.4 is 0 Å². The molecule has 0 atom stereocenters. The Labute approximate surface area is 86.6 Å². The van der Waals surface area contributed by atoms with E-state index in [1.54, 1.807) is 0 Å². The first-order chi connectivity index (χ1) is 6.83. The summed E-state index contributed by atoms with van der Waals surface area (Å²) in [5.74, 6) is 0. The molecule has 0 aromatic carbocycles. The van der Waals surface area contributed by atoms with Crippen LogP contribution in [-0.2, 0) is 9.47 Å². The molecule has 0 unspecified atom stereocenters. The van der Waals surface area contributed by atoms with Gasteiger partial charge in [0.05, 0.1) is 13.2 Å². The first kappa shape index (κ1) is 11.5. The standard InChI is InChI=1S/C12H20O2/c1-3-5-6-8-12(7-4-2)9-13-11-14-10-12/h4-6H,2-3,7-11H2,1H3/b6-5+. The number of allylic oxidation sites excluding steroid dienone is 3. The van der Waals surface area contributed by atoms with Crippen molar-refractivity contribution in [2.45, 2.75) is 26.2 Å². The van der Waals surface area contributed by atoms with E-state index in [4.69, 9.17) is 9.47 Å². The third-order valence-electron chi connectivity index (χ3n) is 2.51. The summed E-state index contributed by atoms with van der Waals surface area (Å²) in [7, 11) is 0. The molecule has 1 fully saturated rings. The van der Waals surface area contributed by atoms with Crippen molar-refractivity contribution in [3.8, 4) is 0 Å². The number of ether oxygens (including phenoxy) is 2. The van der Waals surface area contributed by atoms with Crippen LogP contribution in [0, 0.1) is 5.41 Å². The lowest BCUT2D eigenvalue weighted by Crippen LogP contribution is -2.36. The molecular weight excluding hydrogens is 176 g/mol. The van der Waals surface area contributed by atoms with Crippen molar-refractivity contribution in [3.63, 3.8) is 0 Å². The summed E-state index contributed by atoms with van der Waals surface area (Å²) in [6.07, 6.45) is 9.44. The summed E-state index contributed by atoms with van der Waals surface area (Å²) in [6.45, 7) is 7.95. The largest absolute Gasteiger partial charge is 0.355 e. The minimum absolute atomic E-state index is 0.131. The van der Waals surface area contributed by atoms with E-state index in [1.807, 2.05) is 6.08 Å². The van der Waals surface area contributed by atoms with Crippen LogP contribution in [0.4, 0.5) is 0 Å². The van der Waals surface area contributed by atoms with E-state index in [2.05, 4.69) is 25.7 Å². The van der Waals surface area contributed by atoms with E-state index < -0.39 is 0 Å². The molecule has 0 aliphatic carbocycles. The number of rotatable bonds is 5. The molecule has 80 valence electrons. The fourth-order valence-electron chi connectivity index (χ4n) is 1.74. The Morgan fingerprint density at radius 1 is 1.21 bits per heavy atom. The molecule has 0 saturated carbocycles. The average Bonchev–Trinajstić information content (AvgIpc) is 2.20. The van der Waals surface area contributed by atoms with E-state index in [1.165, 1.54) is 0 Å². The second-order valence-electron chi connectivity index (χ2n) is 3.89. The first-order valence-corrected chi connectivity index (χ1v) is 5.24. The monoisotopic (exact) mass is 196 g/mol. The van der Waals surface area contributed by atoms with Gasteiger partial charge in [0, 0.05) is 5.41 Å². The lowest BCUT2D eigenvalue weighted by Gasteiger charge is -2.35. The van der Waals surface area contributed by atoms with E-state index in [0.29, 0.717) is 6.79 Å². The molecule has 1 heterocycles. The maximum absolute atomic E-state index is 5.36. The first-order valence-electron chi connectivity index (χ1n) is 5.24. The maximum Gasteiger partial charge on any atom is 0.146 e. The molecule has 0 aromatic heterocycles. The molecular formula is C12H20O2. The molecule has 1 aliphatic rings. The lowest BCUT2D eigenvalue weighted by atomic mass is 9.82. The SMILES string of the molecule is C=CCC1(C/C=C/CC)COCOC1. The van der Waals surface area contributed by atoms with Gasteiger partial charge in [-0.2, -0.15) is 0 Å². The third-order valence-corrected chi connectivity index (χ3v) is 2.51. The smallest absolute Gasteiger partial charge is 0.146 e. The molecule has 0 bridgehead atoms. The summed E-state index contributed by atoms with van der Waals surface area (Å²) in [4.78, 5) is 0. The van der Waals surface area contributed by atoms with E-state index in [0.717, 1.165) is 32.5 Å². The minimum Gasteiger partial charge on any atom is -0.355 e. The summed E-state index contributed by atoms with van der Waals surface area (Å²) < 4.78 is 10.7. The molecule has 1 rings (SSSR count). The molecule has 14 heavy (non-hydrogen) atoms. The van der Waals surface area contributed by atoms with Crippen LogP contribution in [0.25, 0.3) is 0 Å². The quantitative estimate of drug-likeness (QED) is 0.629. The Morgan fingerprint density at radius 3 is 2.50 bits per heavy atom. The third kappa shape index (κ3) is 3.28. The Balaban J connectivity index is 2.50. The molecule has 2 heteroatoms. The zero-order valence-corrected chi connectivity index (χ0v) is 9.00. The van der Waals surface area contributed by atoms with Gasteiger partial charge in [-0.05, 0) is 19.3 Å². The second kappa shape index (κ2) is 5.99. The highest BCUT2D eigenvalue weighted by Crippen LogP contribution is 2.31. The summed E-state index contributed by atoms with van der Waals surface area (Å²) in [5, 5.41) is 0. The minimum atomic E-state index is 0.131. The normalized spacial score (nSPS) is 21.2. The molecule has 1 saturated heterocycles. The topological polar surface area (TPSA) is 18.5 Å². The summed E-state index contributed by atoms with van der Waals surface area (Å²) in [6, 6.07) is 0. The summed E-state index contributed by atoms with van der Waals surface area (Å²) >= 11 is 0. The molecule has 2 nitrogen and oxygen atoms in total. The predicted molar refractivity (Wildman–Crippen MR) is 58.1 cm³/mol. The fraction of sp³-hybridized carbons (Fsp3) is 0.667. The van der Waals surface area contributed by atoms with Gasteiger partial charge in [0.2, 0.25) is 0 Å². The van der Waals surface area contributed by atoms with E-state index in [9.17, 15) is 0 Å². The van der Waals surface area contributed by atoms with Crippen LogP contribution in [0.5, 0.6) is 0 Å². The van der Waals surface area contributed by atoms with E-state index in [-0.39, 0.29) is 5.41 Å². The van der Waals surface area contributed by atoms with Crippen molar-refractivity contribution in [2.24, 2.45) is 5.41 Å². The van der Waals surface area contributed by atoms with Crippen LogP contribution in [0.2, 0.25) is 0 Å². The van der Waals surface area contributed by atoms with Crippen LogP contribution in [-0.4, -0.2) is 20.0 Å². The van der Waals surface area contributed by atoms with Gasteiger partial charge in [0.1, 0.15) is 6.79 Å². The zero-order chi connectivity index (χ0) is 10.3. The van der Waals surface area contributed by atoms with Gasteiger partial charge in [0.25, 0.3) is 0 Å². The van der Waals surface area contributed by atoms with Gasteiger partial charge in [-0.15, -0.1) is 6.58 Å². The molecule has 0 N–H and O–H groups in total. The van der Waals surface area contributed by atoms with Crippen molar-refractivity contribution in [1.29, 1.82) is 0 Å². The van der Waals surface area contributed by atoms with Crippen LogP contribution in [0.1, 0.15) is 26.2 Å². The molecule has 0 aromatic rings. The number of hydrogen-bond donors (Lipinski definition) is 0. The van der Waals surface area contributed by atoms with Crippen molar-refractivity contribution in [3.05, 3.63) is 24.8 Å². The zero-order valence-electron chi connectivity index (χ0n) is 9.00. The van der Waals surface area contributed by atoms with Gasteiger partial charge >= 0.3 is 0 Å². The highest BCUT2D eigenvalue weighted by atomic mass is 16.7. The predicted octanol–water partition coefficient (Wildman–Crippen LogP) is 2.91. The summed E-state index contributed by atoms with van der Waals surface area (Å²) in [5.41, 5.74) is 0.131. The van der Waals surface area contributed by atoms with Crippen LogP contribution >= 0.6 is 0 Å². The number of hydrogen-bond acceptors (Lipinski definition) is 2. The Hall–Kier alpha value is -0.600. The van der Waals surface area contributed by atoms with Crippen molar-refractivity contribution in [2.75, 3.05) is 20.0 Å².